The molecule has 0 aliphatic heterocycles. The number of aromatic carboxylic acids is 2. The minimum absolute atomic E-state index is 0.226. The molecule has 2 aliphatic carbocycles. The molecular formula is C20H22O4. The molecule has 1 saturated carbocycles. The fraction of sp³-hybridized carbons (Fsp3) is 0.400. The summed E-state index contributed by atoms with van der Waals surface area (Å²) in [6.07, 6.45) is 10.4. The van der Waals surface area contributed by atoms with Crippen LogP contribution in [0.3, 0.4) is 0 Å². The number of benzene rings is 2. The normalized spacial score (nSPS) is 15.7. The first-order chi connectivity index (χ1) is 11.6. The van der Waals surface area contributed by atoms with Crippen molar-refractivity contribution in [2.75, 3.05) is 0 Å². The lowest BCUT2D eigenvalue weighted by Crippen LogP contribution is -2.01. The van der Waals surface area contributed by atoms with E-state index in [1.54, 1.807) is 18.2 Å². The second-order valence-corrected chi connectivity index (χ2v) is 6.56. The van der Waals surface area contributed by atoms with Gasteiger partial charge in [-0.2, -0.15) is 0 Å². The van der Waals surface area contributed by atoms with E-state index >= 15 is 0 Å². The summed E-state index contributed by atoms with van der Waals surface area (Å²) < 4.78 is 0. The molecular weight excluding hydrogens is 304 g/mol. The Hall–Kier alpha value is -2.36. The molecule has 2 aromatic rings. The summed E-state index contributed by atoms with van der Waals surface area (Å²) in [4.78, 5) is 22.1. The van der Waals surface area contributed by atoms with Crippen LogP contribution >= 0.6 is 0 Å². The van der Waals surface area contributed by atoms with E-state index in [1.807, 2.05) is 0 Å². The van der Waals surface area contributed by atoms with Crippen LogP contribution in [0.25, 0.3) is 10.8 Å². The fourth-order valence-corrected chi connectivity index (χ4v) is 3.72. The highest BCUT2D eigenvalue weighted by Gasteiger charge is 2.24. The monoisotopic (exact) mass is 326 g/mol. The van der Waals surface area contributed by atoms with E-state index < -0.39 is 11.9 Å². The first-order valence-corrected chi connectivity index (χ1v) is 8.63. The minimum atomic E-state index is -0.971. The van der Waals surface area contributed by atoms with Crippen LogP contribution in [0.1, 0.15) is 70.4 Å². The Morgan fingerprint density at radius 3 is 1.96 bits per heavy atom. The average molecular weight is 326 g/mol. The van der Waals surface area contributed by atoms with Crippen molar-refractivity contribution in [3.8, 4) is 0 Å². The number of aryl methyl sites for hydroxylation is 2. The van der Waals surface area contributed by atoms with Crippen LogP contribution in [0.15, 0.2) is 24.3 Å². The highest BCUT2D eigenvalue weighted by molar-refractivity contribution is 6.02. The summed E-state index contributed by atoms with van der Waals surface area (Å²) in [5, 5.41) is 19.8. The quantitative estimate of drug-likeness (QED) is 0.840. The van der Waals surface area contributed by atoms with E-state index in [-0.39, 0.29) is 5.56 Å². The lowest BCUT2D eigenvalue weighted by Gasteiger charge is -2.06. The molecule has 4 heteroatoms. The Morgan fingerprint density at radius 2 is 1.42 bits per heavy atom. The number of carbonyl (C=O) groups is 2. The maximum absolute atomic E-state index is 11.2. The van der Waals surface area contributed by atoms with E-state index in [2.05, 4.69) is 0 Å². The predicted octanol–water partition coefficient (Wildman–Crippen LogP) is 4.68. The first-order valence-electron chi connectivity index (χ1n) is 8.63. The topological polar surface area (TPSA) is 74.6 Å². The molecule has 1 fully saturated rings. The van der Waals surface area contributed by atoms with Gasteiger partial charge in [0.05, 0.1) is 11.1 Å². The number of carboxylic acids is 2. The van der Waals surface area contributed by atoms with Crippen molar-refractivity contribution in [3.05, 3.63) is 46.5 Å². The minimum Gasteiger partial charge on any atom is -0.478 e. The van der Waals surface area contributed by atoms with Gasteiger partial charge in [0.25, 0.3) is 0 Å². The van der Waals surface area contributed by atoms with Crippen LogP contribution < -0.4 is 0 Å². The number of fused-ring (bicyclic) bond motifs is 4. The summed E-state index contributed by atoms with van der Waals surface area (Å²) in [7, 11) is 0. The van der Waals surface area contributed by atoms with Gasteiger partial charge in [-0.15, -0.1) is 0 Å². The molecule has 4 nitrogen and oxygen atoms in total. The van der Waals surface area contributed by atoms with Crippen LogP contribution in [0.4, 0.5) is 0 Å². The number of rotatable bonds is 2. The Balaban J connectivity index is 0.000000238. The molecule has 0 radical (unpaired) electrons. The van der Waals surface area contributed by atoms with Gasteiger partial charge in [0.1, 0.15) is 0 Å². The van der Waals surface area contributed by atoms with Crippen LogP contribution in [0.5, 0.6) is 0 Å². The van der Waals surface area contributed by atoms with Crippen molar-refractivity contribution in [2.45, 2.75) is 51.4 Å². The van der Waals surface area contributed by atoms with Gasteiger partial charge in [-0.25, -0.2) is 9.59 Å². The summed E-state index contributed by atoms with van der Waals surface area (Å²) in [5.41, 5.74) is 2.24. The van der Waals surface area contributed by atoms with E-state index in [4.69, 9.17) is 5.11 Å². The molecule has 4 rings (SSSR count). The zero-order valence-corrected chi connectivity index (χ0v) is 13.7. The Bertz CT molecular complexity index is 776. The summed E-state index contributed by atoms with van der Waals surface area (Å²) in [6.45, 7) is 0. The molecule has 2 N–H and O–H groups in total. The Morgan fingerprint density at radius 1 is 0.792 bits per heavy atom. The standard InChI is InChI=1S/C14H10O4.C6H12/c15-13(16)8-2-3-10-9(6-8)5-7-1-4-11(10)12(7)14(17)18;1-2-4-6-5-3-1/h2-3,5-6H,1,4H2,(H,15,16)(H,17,18);1-6H2. The Kier molecular flexibility index (Phi) is 4.84. The maximum Gasteiger partial charge on any atom is 0.336 e. The van der Waals surface area contributed by atoms with Crippen LogP contribution in [0.2, 0.25) is 0 Å². The first kappa shape index (κ1) is 16.5. The van der Waals surface area contributed by atoms with E-state index in [0.29, 0.717) is 18.4 Å². The Labute approximate surface area is 141 Å². The SMILES string of the molecule is C1CCCCC1.O=C(O)c1ccc2c3c(C(=O)O)c(cc2c1)CC3. The molecule has 0 saturated heterocycles. The lowest BCUT2D eigenvalue weighted by atomic mass is 9.98. The lowest BCUT2D eigenvalue weighted by molar-refractivity contribution is 0.0685. The largest absolute Gasteiger partial charge is 0.478 e. The summed E-state index contributed by atoms with van der Waals surface area (Å²) in [5.74, 6) is -1.87. The molecule has 126 valence electrons. The van der Waals surface area contributed by atoms with Crippen molar-refractivity contribution in [2.24, 2.45) is 0 Å². The molecule has 0 atom stereocenters. The molecule has 0 heterocycles. The maximum atomic E-state index is 11.2. The van der Waals surface area contributed by atoms with Crippen molar-refractivity contribution < 1.29 is 19.8 Å². The average Bonchev–Trinajstić information content (AvgIpc) is 2.92. The molecule has 0 unspecified atom stereocenters. The van der Waals surface area contributed by atoms with Gasteiger partial charge in [-0.1, -0.05) is 50.7 Å². The molecule has 0 spiro atoms. The number of hydrogen-bond acceptors (Lipinski definition) is 2. The van der Waals surface area contributed by atoms with E-state index in [0.717, 1.165) is 21.9 Å². The predicted molar refractivity (Wildman–Crippen MR) is 93.0 cm³/mol. The highest BCUT2D eigenvalue weighted by Crippen LogP contribution is 2.33. The van der Waals surface area contributed by atoms with Gasteiger partial charge in [-0.3, -0.25) is 0 Å². The van der Waals surface area contributed by atoms with E-state index in [9.17, 15) is 14.7 Å². The van der Waals surface area contributed by atoms with Crippen LogP contribution in [-0.2, 0) is 12.8 Å². The van der Waals surface area contributed by atoms with Gasteiger partial charge in [0.15, 0.2) is 0 Å². The number of hydrogen-bond donors (Lipinski definition) is 2. The van der Waals surface area contributed by atoms with Crippen molar-refractivity contribution in [1.82, 2.24) is 0 Å². The van der Waals surface area contributed by atoms with Crippen molar-refractivity contribution in [1.29, 1.82) is 0 Å². The second-order valence-electron chi connectivity index (χ2n) is 6.56. The molecule has 2 bridgehead atoms. The van der Waals surface area contributed by atoms with Crippen molar-refractivity contribution >= 4 is 22.7 Å². The number of carboxylic acid groups (broad SMARTS) is 2. The molecule has 0 aromatic heterocycles. The van der Waals surface area contributed by atoms with Crippen molar-refractivity contribution in [3.63, 3.8) is 0 Å². The molecule has 0 amide bonds. The van der Waals surface area contributed by atoms with E-state index in [1.165, 1.54) is 44.6 Å². The van der Waals surface area contributed by atoms with Gasteiger partial charge >= 0.3 is 11.9 Å². The van der Waals surface area contributed by atoms with Gasteiger partial charge in [0, 0.05) is 0 Å². The highest BCUT2D eigenvalue weighted by atomic mass is 16.4. The second kappa shape index (κ2) is 7.04. The summed E-state index contributed by atoms with van der Waals surface area (Å²) in [6, 6.07) is 6.61. The molecule has 24 heavy (non-hydrogen) atoms. The third kappa shape index (κ3) is 3.28. The zero-order valence-electron chi connectivity index (χ0n) is 13.7. The third-order valence-corrected chi connectivity index (χ3v) is 4.93. The third-order valence-electron chi connectivity index (χ3n) is 4.93. The van der Waals surface area contributed by atoms with Crippen LogP contribution in [0, 0.1) is 0 Å². The van der Waals surface area contributed by atoms with Crippen LogP contribution in [-0.4, -0.2) is 22.2 Å². The van der Waals surface area contributed by atoms with Gasteiger partial charge in [-0.05, 0) is 46.9 Å². The van der Waals surface area contributed by atoms with Gasteiger partial charge in [0.2, 0.25) is 0 Å². The smallest absolute Gasteiger partial charge is 0.336 e. The fourth-order valence-electron chi connectivity index (χ4n) is 3.72. The molecule has 2 aliphatic rings. The summed E-state index contributed by atoms with van der Waals surface area (Å²) >= 11 is 0. The molecule has 2 aromatic carbocycles. The van der Waals surface area contributed by atoms with Gasteiger partial charge < -0.3 is 10.2 Å². The zero-order chi connectivity index (χ0) is 17.1.